The third-order valence-corrected chi connectivity index (χ3v) is 8.06. The number of fused-ring (bicyclic) bond motifs is 1. The van der Waals surface area contributed by atoms with Crippen LogP contribution in [0.15, 0.2) is 48.7 Å². The van der Waals surface area contributed by atoms with Gasteiger partial charge in [0, 0.05) is 57.6 Å². The number of rotatable bonds is 8. The number of anilines is 1. The van der Waals surface area contributed by atoms with Gasteiger partial charge in [-0.1, -0.05) is 51.1 Å². The average Bonchev–Trinajstić information content (AvgIpc) is 3.52. The van der Waals surface area contributed by atoms with Gasteiger partial charge in [0.25, 0.3) is 0 Å². The Morgan fingerprint density at radius 1 is 0.975 bits per heavy atom. The Balaban J connectivity index is 1.24. The van der Waals surface area contributed by atoms with E-state index in [0.717, 1.165) is 79.8 Å². The largest absolute Gasteiger partial charge is 0.367 e. The molecule has 8 nitrogen and oxygen atoms in total. The Morgan fingerprint density at radius 3 is 2.33 bits per heavy atom. The summed E-state index contributed by atoms with van der Waals surface area (Å²) in [7, 11) is 0. The smallest absolute Gasteiger partial charge is 0.242 e. The van der Waals surface area contributed by atoms with Crippen LogP contribution in [0, 0.1) is 6.92 Å². The van der Waals surface area contributed by atoms with E-state index in [2.05, 4.69) is 78.0 Å². The second-order valence-electron chi connectivity index (χ2n) is 11.8. The summed E-state index contributed by atoms with van der Waals surface area (Å²) in [5, 5.41) is 0. The van der Waals surface area contributed by atoms with Crippen LogP contribution in [0.1, 0.15) is 51.7 Å². The van der Waals surface area contributed by atoms with E-state index in [4.69, 9.17) is 9.97 Å². The van der Waals surface area contributed by atoms with Crippen molar-refractivity contribution in [3.8, 4) is 11.4 Å². The van der Waals surface area contributed by atoms with Gasteiger partial charge in [0.2, 0.25) is 5.91 Å². The predicted octanol–water partition coefficient (Wildman–Crippen LogP) is 5.22. The molecule has 8 heteroatoms. The Labute approximate surface area is 238 Å². The number of benzene rings is 2. The van der Waals surface area contributed by atoms with Crippen LogP contribution >= 0.6 is 0 Å². The molecule has 212 valence electrons. The molecule has 1 saturated heterocycles. The highest BCUT2D eigenvalue weighted by molar-refractivity contribution is 5.91. The lowest BCUT2D eigenvalue weighted by atomic mass is 9.87. The highest BCUT2D eigenvalue weighted by atomic mass is 16.2. The van der Waals surface area contributed by atoms with E-state index in [1.165, 1.54) is 11.3 Å². The third-order valence-electron chi connectivity index (χ3n) is 8.06. The molecule has 2 aromatic carbocycles. The fourth-order valence-corrected chi connectivity index (χ4v) is 5.55. The molecule has 5 rings (SSSR count). The summed E-state index contributed by atoms with van der Waals surface area (Å²) in [5.74, 6) is 1.94. The fourth-order valence-electron chi connectivity index (χ4n) is 5.55. The van der Waals surface area contributed by atoms with Crippen molar-refractivity contribution in [3.05, 3.63) is 65.7 Å². The number of aromatic amines is 1. The lowest BCUT2D eigenvalue weighted by Crippen LogP contribution is -2.46. The molecule has 3 heterocycles. The number of hydrogen-bond donors (Lipinski definition) is 1. The highest BCUT2D eigenvalue weighted by Crippen LogP contribution is 2.30. The molecule has 0 aliphatic carbocycles. The van der Waals surface area contributed by atoms with Crippen molar-refractivity contribution in [3.63, 3.8) is 0 Å². The number of likely N-dealkylation sites (N-methyl/N-ethyl adjacent to an activating group) is 1. The van der Waals surface area contributed by atoms with Crippen molar-refractivity contribution < 1.29 is 4.79 Å². The molecule has 0 atom stereocenters. The number of piperazine rings is 1. The van der Waals surface area contributed by atoms with Gasteiger partial charge in [0.1, 0.15) is 23.7 Å². The van der Waals surface area contributed by atoms with Crippen molar-refractivity contribution in [1.29, 1.82) is 0 Å². The van der Waals surface area contributed by atoms with Crippen molar-refractivity contribution >= 4 is 22.6 Å². The van der Waals surface area contributed by atoms with Crippen LogP contribution in [0.5, 0.6) is 0 Å². The first kappa shape index (κ1) is 27.9. The lowest BCUT2D eigenvalue weighted by molar-refractivity contribution is -0.131. The molecule has 0 spiro atoms. The monoisotopic (exact) mass is 541 g/mol. The minimum absolute atomic E-state index is 0.130. The molecule has 0 bridgehead atoms. The molecular formula is C32H43N7O. The number of imidazole rings is 2. The summed E-state index contributed by atoms with van der Waals surface area (Å²) in [5.41, 5.74) is 6.85. The van der Waals surface area contributed by atoms with Crippen molar-refractivity contribution in [2.45, 2.75) is 60.0 Å². The van der Waals surface area contributed by atoms with E-state index < -0.39 is 0 Å². The van der Waals surface area contributed by atoms with Gasteiger partial charge < -0.3 is 19.4 Å². The molecule has 1 aliphatic rings. The summed E-state index contributed by atoms with van der Waals surface area (Å²) in [4.78, 5) is 32.7. The van der Waals surface area contributed by atoms with Gasteiger partial charge in [-0.15, -0.1) is 0 Å². The second kappa shape index (κ2) is 11.5. The second-order valence-corrected chi connectivity index (χ2v) is 11.8. The van der Waals surface area contributed by atoms with Gasteiger partial charge in [-0.2, -0.15) is 0 Å². The molecule has 0 radical (unpaired) electrons. The highest BCUT2D eigenvalue weighted by Gasteiger charge is 2.22. The number of H-pyrrole nitrogens is 1. The first-order valence-corrected chi connectivity index (χ1v) is 14.5. The molecule has 0 saturated carbocycles. The van der Waals surface area contributed by atoms with E-state index in [1.807, 2.05) is 36.4 Å². The minimum atomic E-state index is 0.130. The van der Waals surface area contributed by atoms with Crippen LogP contribution in [-0.4, -0.2) is 74.5 Å². The first-order valence-electron chi connectivity index (χ1n) is 14.5. The number of nitrogens with one attached hydrogen (secondary N) is 1. The maximum Gasteiger partial charge on any atom is 0.242 e. The van der Waals surface area contributed by atoms with Crippen LogP contribution in [0.3, 0.4) is 0 Å². The number of carbonyl (C=O) groups is 1. The molecule has 1 aliphatic heterocycles. The molecule has 1 fully saturated rings. The minimum Gasteiger partial charge on any atom is -0.367 e. The lowest BCUT2D eigenvalue weighted by Gasteiger charge is -2.35. The van der Waals surface area contributed by atoms with Crippen LogP contribution in [0.2, 0.25) is 0 Å². The van der Waals surface area contributed by atoms with E-state index >= 15 is 0 Å². The molecule has 1 N–H and O–H groups in total. The first-order chi connectivity index (χ1) is 19.2. The Bertz CT molecular complexity index is 1450. The molecule has 0 unspecified atom stereocenters. The van der Waals surface area contributed by atoms with Gasteiger partial charge in [0.15, 0.2) is 0 Å². The van der Waals surface area contributed by atoms with Crippen molar-refractivity contribution in [2.75, 3.05) is 44.2 Å². The fraction of sp³-hybridized carbons (Fsp3) is 0.469. The SMILES string of the molecule is CCN(CC)C(=O)Cn1cc(CN2CCN(c3cccc4[nH]c(-c5ccc(C(C)(C)C)cc5)nc34)CC2)nc1C. The summed E-state index contributed by atoms with van der Waals surface area (Å²) in [6, 6.07) is 15.1. The summed E-state index contributed by atoms with van der Waals surface area (Å²) in [6.07, 6.45) is 2.04. The zero-order valence-corrected chi connectivity index (χ0v) is 24.9. The molecular weight excluding hydrogens is 498 g/mol. The Morgan fingerprint density at radius 2 is 1.68 bits per heavy atom. The molecule has 4 aromatic rings. The number of aryl methyl sites for hydroxylation is 1. The summed E-state index contributed by atoms with van der Waals surface area (Å²) in [6.45, 7) is 19.1. The Kier molecular flexibility index (Phi) is 7.99. The van der Waals surface area contributed by atoms with Gasteiger partial charge >= 0.3 is 0 Å². The standard InChI is InChI=1S/C32H43N7O/c1-7-37(8-2)29(40)22-39-21-26(33-23(39)3)20-36-16-18-38(19-17-36)28-11-9-10-27-30(28)35-31(34-27)24-12-14-25(15-13-24)32(4,5)6/h9-15,21H,7-8,16-20,22H2,1-6H3,(H,34,35). The predicted molar refractivity (Wildman–Crippen MR) is 163 cm³/mol. The average molecular weight is 542 g/mol. The normalized spacial score (nSPS) is 14.7. The number of carbonyl (C=O) groups excluding carboxylic acids is 1. The number of amides is 1. The molecule has 40 heavy (non-hydrogen) atoms. The zero-order valence-electron chi connectivity index (χ0n) is 24.9. The third kappa shape index (κ3) is 5.92. The molecule has 2 aromatic heterocycles. The van der Waals surface area contributed by atoms with Crippen LogP contribution in [-0.2, 0) is 23.3 Å². The molecule has 1 amide bonds. The van der Waals surface area contributed by atoms with E-state index in [9.17, 15) is 4.79 Å². The number of nitrogens with zero attached hydrogens (tertiary/aromatic N) is 6. The van der Waals surface area contributed by atoms with E-state index in [0.29, 0.717) is 6.54 Å². The van der Waals surface area contributed by atoms with Gasteiger partial charge in [-0.3, -0.25) is 9.69 Å². The van der Waals surface area contributed by atoms with Crippen LogP contribution in [0.25, 0.3) is 22.4 Å². The maximum atomic E-state index is 12.6. The van der Waals surface area contributed by atoms with Gasteiger partial charge in [0.05, 0.1) is 16.9 Å². The van der Waals surface area contributed by atoms with Crippen molar-refractivity contribution in [1.82, 2.24) is 29.3 Å². The topological polar surface area (TPSA) is 73.3 Å². The number of aromatic nitrogens is 4. The van der Waals surface area contributed by atoms with Gasteiger partial charge in [-0.25, -0.2) is 9.97 Å². The van der Waals surface area contributed by atoms with E-state index in [1.54, 1.807) is 0 Å². The number of para-hydroxylation sites is 1. The number of hydrogen-bond acceptors (Lipinski definition) is 5. The quantitative estimate of drug-likeness (QED) is 0.331. The maximum absolute atomic E-state index is 12.6. The van der Waals surface area contributed by atoms with Crippen LogP contribution < -0.4 is 4.90 Å². The summed E-state index contributed by atoms with van der Waals surface area (Å²) >= 11 is 0. The van der Waals surface area contributed by atoms with Crippen LogP contribution in [0.4, 0.5) is 5.69 Å². The van der Waals surface area contributed by atoms with E-state index in [-0.39, 0.29) is 11.3 Å². The zero-order chi connectivity index (χ0) is 28.4. The Hall–Kier alpha value is -3.65. The van der Waals surface area contributed by atoms with Crippen molar-refractivity contribution in [2.24, 2.45) is 0 Å². The summed E-state index contributed by atoms with van der Waals surface area (Å²) < 4.78 is 1.98. The van der Waals surface area contributed by atoms with Gasteiger partial charge in [-0.05, 0) is 43.9 Å².